The Morgan fingerprint density at radius 3 is 2.60 bits per heavy atom. The Morgan fingerprint density at radius 1 is 1.45 bits per heavy atom. The maximum Gasteiger partial charge on any atom is 0.257 e. The summed E-state index contributed by atoms with van der Waals surface area (Å²) in [5, 5.41) is 4.44. The van der Waals surface area contributed by atoms with Gasteiger partial charge in [-0.05, 0) is 32.6 Å². The molecule has 1 fully saturated rings. The molecular formula is C15H26N4O. The van der Waals surface area contributed by atoms with E-state index in [1.807, 2.05) is 30.4 Å². The van der Waals surface area contributed by atoms with Crippen LogP contribution in [0.3, 0.4) is 0 Å². The zero-order valence-electron chi connectivity index (χ0n) is 13.2. The van der Waals surface area contributed by atoms with Crippen LogP contribution >= 0.6 is 0 Å². The largest absolute Gasteiger partial charge is 0.338 e. The molecule has 0 bridgehead atoms. The topological polar surface area (TPSA) is 64.2 Å². The fraction of sp³-hybridized carbons (Fsp3) is 0.733. The molecule has 112 valence electrons. The summed E-state index contributed by atoms with van der Waals surface area (Å²) in [5.41, 5.74) is 8.66. The minimum absolute atomic E-state index is 0.0313. The number of likely N-dealkylation sites (tertiary alicyclic amines) is 1. The molecule has 1 saturated heterocycles. The zero-order chi connectivity index (χ0) is 15.1. The van der Waals surface area contributed by atoms with E-state index < -0.39 is 0 Å². The van der Waals surface area contributed by atoms with Crippen molar-refractivity contribution in [2.45, 2.75) is 53.6 Å². The molecule has 2 N–H and O–H groups in total. The molecular weight excluding hydrogens is 252 g/mol. The number of piperidine rings is 1. The summed E-state index contributed by atoms with van der Waals surface area (Å²) in [4.78, 5) is 14.7. The fourth-order valence-corrected chi connectivity index (χ4v) is 3.02. The maximum absolute atomic E-state index is 12.8. The number of hydrogen-bond donors (Lipinski definition) is 1. The van der Waals surface area contributed by atoms with Crippen molar-refractivity contribution in [3.05, 3.63) is 17.0 Å². The lowest BCUT2D eigenvalue weighted by atomic mass is 9.79. The third kappa shape index (κ3) is 2.46. The Kier molecular flexibility index (Phi) is 3.91. The van der Waals surface area contributed by atoms with Gasteiger partial charge in [-0.1, -0.05) is 13.8 Å². The molecule has 1 aliphatic rings. The Bertz CT molecular complexity index is 518. The average Bonchev–Trinajstić information content (AvgIpc) is 2.66. The second-order valence-electron chi connectivity index (χ2n) is 6.47. The summed E-state index contributed by atoms with van der Waals surface area (Å²) in [6.45, 7) is 12.4. The summed E-state index contributed by atoms with van der Waals surface area (Å²) < 4.78 is 1.89. The van der Waals surface area contributed by atoms with Crippen LogP contribution in [0.2, 0.25) is 0 Å². The van der Waals surface area contributed by atoms with Gasteiger partial charge in [-0.2, -0.15) is 5.10 Å². The van der Waals surface area contributed by atoms with Gasteiger partial charge in [0.1, 0.15) is 0 Å². The second-order valence-corrected chi connectivity index (χ2v) is 6.47. The summed E-state index contributed by atoms with van der Waals surface area (Å²) in [6, 6.07) is 0.159. The molecule has 1 amide bonds. The molecule has 1 unspecified atom stereocenters. The van der Waals surface area contributed by atoms with E-state index in [1.165, 1.54) is 0 Å². The Balaban J connectivity index is 2.26. The number of aryl methyl sites for hydroxylation is 2. The van der Waals surface area contributed by atoms with Gasteiger partial charge >= 0.3 is 0 Å². The SMILES string of the molecule is CCn1nc(C)c(C(=O)N2CCC(N)C(C)(C)C2)c1C. The predicted molar refractivity (Wildman–Crippen MR) is 79.7 cm³/mol. The van der Waals surface area contributed by atoms with Crippen molar-refractivity contribution in [2.75, 3.05) is 13.1 Å². The number of nitrogens with zero attached hydrogens (tertiary/aromatic N) is 3. The van der Waals surface area contributed by atoms with E-state index in [-0.39, 0.29) is 17.4 Å². The van der Waals surface area contributed by atoms with Gasteiger partial charge in [0.25, 0.3) is 5.91 Å². The Morgan fingerprint density at radius 2 is 2.10 bits per heavy atom. The van der Waals surface area contributed by atoms with E-state index in [1.54, 1.807) is 0 Å². The molecule has 0 aliphatic carbocycles. The first-order valence-corrected chi connectivity index (χ1v) is 7.36. The predicted octanol–water partition coefficient (Wildman–Crippen LogP) is 1.72. The van der Waals surface area contributed by atoms with Crippen LogP contribution in [-0.2, 0) is 6.54 Å². The Labute approximate surface area is 121 Å². The first-order valence-electron chi connectivity index (χ1n) is 7.36. The molecule has 2 heterocycles. The van der Waals surface area contributed by atoms with E-state index in [4.69, 9.17) is 5.73 Å². The third-order valence-corrected chi connectivity index (χ3v) is 4.49. The lowest BCUT2D eigenvalue weighted by Gasteiger charge is -2.42. The van der Waals surface area contributed by atoms with Crippen molar-refractivity contribution in [3.8, 4) is 0 Å². The highest BCUT2D eigenvalue weighted by Crippen LogP contribution is 2.29. The normalized spacial score (nSPS) is 22.1. The van der Waals surface area contributed by atoms with E-state index in [2.05, 4.69) is 18.9 Å². The second kappa shape index (κ2) is 5.20. The van der Waals surface area contributed by atoms with Gasteiger partial charge in [0.2, 0.25) is 0 Å². The highest BCUT2D eigenvalue weighted by molar-refractivity contribution is 5.96. The standard InChI is InChI=1S/C15H26N4O/c1-6-19-11(3)13(10(2)17-19)14(20)18-8-7-12(16)15(4,5)9-18/h12H,6-9,16H2,1-5H3. The molecule has 1 aromatic rings. The molecule has 5 heteroatoms. The summed E-state index contributed by atoms with van der Waals surface area (Å²) in [6.07, 6.45) is 0.860. The van der Waals surface area contributed by atoms with Crippen molar-refractivity contribution < 1.29 is 4.79 Å². The van der Waals surface area contributed by atoms with Crippen LogP contribution in [0.4, 0.5) is 0 Å². The van der Waals surface area contributed by atoms with Gasteiger partial charge in [0, 0.05) is 31.4 Å². The van der Waals surface area contributed by atoms with Crippen LogP contribution in [0.1, 0.15) is 48.9 Å². The van der Waals surface area contributed by atoms with Gasteiger partial charge in [-0.25, -0.2) is 0 Å². The summed E-state index contributed by atoms with van der Waals surface area (Å²) in [5.74, 6) is 0.0969. The fourth-order valence-electron chi connectivity index (χ4n) is 3.02. The summed E-state index contributed by atoms with van der Waals surface area (Å²) in [7, 11) is 0. The van der Waals surface area contributed by atoms with Gasteiger partial charge in [-0.15, -0.1) is 0 Å². The van der Waals surface area contributed by atoms with Gasteiger partial charge < -0.3 is 10.6 Å². The van der Waals surface area contributed by atoms with Gasteiger partial charge in [0.05, 0.1) is 11.3 Å². The van der Waals surface area contributed by atoms with Gasteiger partial charge in [0.15, 0.2) is 0 Å². The minimum atomic E-state index is -0.0313. The molecule has 1 aromatic heterocycles. The van der Waals surface area contributed by atoms with Crippen molar-refractivity contribution in [1.29, 1.82) is 0 Å². The van der Waals surface area contributed by atoms with E-state index in [0.29, 0.717) is 6.54 Å². The number of hydrogen-bond acceptors (Lipinski definition) is 3. The maximum atomic E-state index is 12.8. The highest BCUT2D eigenvalue weighted by Gasteiger charge is 2.36. The number of nitrogens with two attached hydrogens (primary N) is 1. The van der Waals surface area contributed by atoms with Crippen LogP contribution in [0.5, 0.6) is 0 Å². The number of carbonyl (C=O) groups excluding carboxylic acids is 1. The van der Waals surface area contributed by atoms with Crippen LogP contribution in [0.25, 0.3) is 0 Å². The molecule has 1 atom stereocenters. The van der Waals surface area contributed by atoms with Crippen LogP contribution in [0.15, 0.2) is 0 Å². The first kappa shape index (κ1) is 15.0. The van der Waals surface area contributed by atoms with Crippen molar-refractivity contribution in [1.82, 2.24) is 14.7 Å². The van der Waals surface area contributed by atoms with Gasteiger partial charge in [-0.3, -0.25) is 9.48 Å². The number of amides is 1. The monoisotopic (exact) mass is 278 g/mol. The van der Waals surface area contributed by atoms with Crippen LogP contribution < -0.4 is 5.73 Å². The lowest BCUT2D eigenvalue weighted by molar-refractivity contribution is 0.0531. The molecule has 5 nitrogen and oxygen atoms in total. The quantitative estimate of drug-likeness (QED) is 0.896. The highest BCUT2D eigenvalue weighted by atomic mass is 16.2. The number of rotatable bonds is 2. The Hall–Kier alpha value is -1.36. The van der Waals surface area contributed by atoms with Crippen LogP contribution in [-0.4, -0.2) is 39.7 Å². The molecule has 1 aliphatic heterocycles. The molecule has 0 aromatic carbocycles. The minimum Gasteiger partial charge on any atom is -0.338 e. The molecule has 2 rings (SSSR count). The number of carbonyl (C=O) groups is 1. The average molecular weight is 278 g/mol. The van der Waals surface area contributed by atoms with Crippen molar-refractivity contribution >= 4 is 5.91 Å². The van der Waals surface area contributed by atoms with Crippen LogP contribution in [0, 0.1) is 19.3 Å². The molecule has 0 spiro atoms. The van der Waals surface area contributed by atoms with E-state index >= 15 is 0 Å². The smallest absolute Gasteiger partial charge is 0.257 e. The first-order chi connectivity index (χ1) is 9.27. The lowest BCUT2D eigenvalue weighted by Crippen LogP contribution is -2.54. The van der Waals surface area contributed by atoms with Crippen molar-refractivity contribution in [2.24, 2.45) is 11.1 Å². The molecule has 0 saturated carbocycles. The zero-order valence-corrected chi connectivity index (χ0v) is 13.2. The number of aromatic nitrogens is 2. The molecule has 20 heavy (non-hydrogen) atoms. The third-order valence-electron chi connectivity index (χ3n) is 4.49. The summed E-state index contributed by atoms with van der Waals surface area (Å²) >= 11 is 0. The van der Waals surface area contributed by atoms with Crippen molar-refractivity contribution in [3.63, 3.8) is 0 Å². The molecule has 0 radical (unpaired) electrons. The van der Waals surface area contributed by atoms with E-state index in [0.717, 1.165) is 36.5 Å². The van der Waals surface area contributed by atoms with E-state index in [9.17, 15) is 4.79 Å².